The highest BCUT2D eigenvalue weighted by Crippen LogP contribution is 2.31. The number of aromatic nitrogens is 2. The van der Waals surface area contributed by atoms with Gasteiger partial charge in [0.1, 0.15) is 5.75 Å². The van der Waals surface area contributed by atoms with Gasteiger partial charge in [0, 0.05) is 22.8 Å². The van der Waals surface area contributed by atoms with Crippen molar-refractivity contribution in [2.45, 2.75) is 20.3 Å². The molecule has 0 aliphatic heterocycles. The average molecular weight is 357 g/mol. The zero-order chi connectivity index (χ0) is 14.5. The Morgan fingerprint density at radius 3 is 2.80 bits per heavy atom. The number of halogens is 2. The summed E-state index contributed by atoms with van der Waals surface area (Å²) < 4.78 is 6.62. The summed E-state index contributed by atoms with van der Waals surface area (Å²) in [5, 5.41) is 3.67. The van der Waals surface area contributed by atoms with E-state index in [2.05, 4.69) is 38.1 Å². The number of ether oxygens (including phenoxy) is 1. The summed E-state index contributed by atoms with van der Waals surface area (Å²) in [6, 6.07) is 7.21. The molecule has 0 radical (unpaired) electrons. The topological polar surface area (TPSA) is 47.0 Å². The Labute approximate surface area is 131 Å². The van der Waals surface area contributed by atoms with Gasteiger partial charge in [0.25, 0.3) is 0 Å². The van der Waals surface area contributed by atoms with Gasteiger partial charge in [0.15, 0.2) is 0 Å². The predicted molar refractivity (Wildman–Crippen MR) is 84.8 cm³/mol. The number of anilines is 1. The van der Waals surface area contributed by atoms with Crippen molar-refractivity contribution in [3.05, 3.63) is 39.5 Å². The molecule has 0 saturated heterocycles. The van der Waals surface area contributed by atoms with E-state index >= 15 is 0 Å². The molecule has 0 aliphatic carbocycles. The molecule has 0 fully saturated rings. The first kappa shape index (κ1) is 15.1. The molecule has 6 heteroatoms. The van der Waals surface area contributed by atoms with Crippen LogP contribution >= 0.6 is 27.5 Å². The van der Waals surface area contributed by atoms with Crippen molar-refractivity contribution in [1.82, 2.24) is 9.97 Å². The fourth-order valence-electron chi connectivity index (χ4n) is 1.58. The van der Waals surface area contributed by atoms with Gasteiger partial charge in [0.2, 0.25) is 11.8 Å². The van der Waals surface area contributed by atoms with E-state index < -0.39 is 0 Å². The quantitative estimate of drug-likeness (QED) is 0.834. The van der Waals surface area contributed by atoms with Gasteiger partial charge < -0.3 is 10.1 Å². The van der Waals surface area contributed by atoms with E-state index in [1.165, 1.54) is 0 Å². The largest absolute Gasteiger partial charge is 0.437 e. The van der Waals surface area contributed by atoms with Crippen molar-refractivity contribution in [2.24, 2.45) is 0 Å². The predicted octanol–water partition coefficient (Wildman–Crippen LogP) is 4.82. The zero-order valence-electron chi connectivity index (χ0n) is 11.3. The van der Waals surface area contributed by atoms with E-state index in [4.69, 9.17) is 16.3 Å². The second kappa shape index (κ2) is 6.90. The standard InChI is InChI=1S/C14H15BrClN3O/c1-3-6-17-14-18-9(2)7-13(19-14)20-12-5-4-10(15)8-11(12)16/h4-5,7-8H,3,6H2,1-2H3,(H,17,18,19). The zero-order valence-corrected chi connectivity index (χ0v) is 13.6. The maximum absolute atomic E-state index is 6.13. The Bertz CT molecular complexity index is 607. The van der Waals surface area contributed by atoms with Crippen LogP contribution in [0, 0.1) is 6.92 Å². The molecule has 0 saturated carbocycles. The summed E-state index contributed by atoms with van der Waals surface area (Å²) in [6.07, 6.45) is 1.01. The number of benzene rings is 1. The van der Waals surface area contributed by atoms with Crippen LogP contribution in [-0.4, -0.2) is 16.5 Å². The minimum Gasteiger partial charge on any atom is -0.437 e. The van der Waals surface area contributed by atoms with Crippen LogP contribution in [0.15, 0.2) is 28.7 Å². The Morgan fingerprint density at radius 1 is 1.30 bits per heavy atom. The molecular weight excluding hydrogens is 342 g/mol. The number of aryl methyl sites for hydroxylation is 1. The first-order valence-electron chi connectivity index (χ1n) is 6.31. The third-order valence-electron chi connectivity index (χ3n) is 2.47. The van der Waals surface area contributed by atoms with Crippen LogP contribution in [0.3, 0.4) is 0 Å². The van der Waals surface area contributed by atoms with Crippen molar-refractivity contribution in [1.29, 1.82) is 0 Å². The minimum atomic E-state index is 0.473. The van der Waals surface area contributed by atoms with Gasteiger partial charge in [-0.1, -0.05) is 34.5 Å². The summed E-state index contributed by atoms with van der Waals surface area (Å²) in [6.45, 7) is 4.80. The van der Waals surface area contributed by atoms with E-state index in [-0.39, 0.29) is 0 Å². The van der Waals surface area contributed by atoms with Gasteiger partial charge in [0.05, 0.1) is 5.02 Å². The highest BCUT2D eigenvalue weighted by atomic mass is 79.9. The van der Waals surface area contributed by atoms with Gasteiger partial charge in [-0.15, -0.1) is 0 Å². The lowest BCUT2D eigenvalue weighted by atomic mass is 10.3. The van der Waals surface area contributed by atoms with Gasteiger partial charge in [-0.05, 0) is 31.5 Å². The Morgan fingerprint density at radius 2 is 2.10 bits per heavy atom. The monoisotopic (exact) mass is 355 g/mol. The molecule has 0 bridgehead atoms. The molecule has 106 valence electrons. The van der Waals surface area contributed by atoms with E-state index in [1.54, 1.807) is 18.2 Å². The minimum absolute atomic E-state index is 0.473. The summed E-state index contributed by atoms with van der Waals surface area (Å²) in [7, 11) is 0. The molecule has 0 amide bonds. The first-order valence-corrected chi connectivity index (χ1v) is 7.48. The molecule has 4 nitrogen and oxygen atoms in total. The van der Waals surface area contributed by atoms with E-state index in [0.717, 1.165) is 23.1 Å². The lowest BCUT2D eigenvalue weighted by Crippen LogP contribution is -2.05. The SMILES string of the molecule is CCCNc1nc(C)cc(Oc2ccc(Br)cc2Cl)n1. The Kier molecular flexibility index (Phi) is 5.20. The molecule has 2 aromatic rings. The molecule has 1 N–H and O–H groups in total. The Hall–Kier alpha value is -1.33. The van der Waals surface area contributed by atoms with Crippen LogP contribution in [-0.2, 0) is 0 Å². The van der Waals surface area contributed by atoms with Crippen molar-refractivity contribution in [2.75, 3.05) is 11.9 Å². The first-order chi connectivity index (χ1) is 9.58. The van der Waals surface area contributed by atoms with Crippen molar-refractivity contribution >= 4 is 33.5 Å². The van der Waals surface area contributed by atoms with E-state index in [1.807, 2.05) is 13.0 Å². The van der Waals surface area contributed by atoms with Gasteiger partial charge >= 0.3 is 0 Å². The summed E-state index contributed by atoms with van der Waals surface area (Å²) in [5.74, 6) is 1.60. The fourth-order valence-corrected chi connectivity index (χ4v) is 2.29. The lowest BCUT2D eigenvalue weighted by Gasteiger charge is -2.10. The maximum atomic E-state index is 6.13. The third kappa shape index (κ3) is 4.08. The number of hydrogen-bond acceptors (Lipinski definition) is 4. The summed E-state index contributed by atoms with van der Waals surface area (Å²) in [5.41, 5.74) is 0.835. The third-order valence-corrected chi connectivity index (χ3v) is 3.26. The summed E-state index contributed by atoms with van der Waals surface area (Å²) >= 11 is 9.49. The lowest BCUT2D eigenvalue weighted by molar-refractivity contribution is 0.461. The van der Waals surface area contributed by atoms with Gasteiger partial charge in [-0.3, -0.25) is 0 Å². The molecule has 0 spiro atoms. The molecule has 1 aromatic heterocycles. The molecule has 1 heterocycles. The molecular formula is C14H15BrClN3O. The smallest absolute Gasteiger partial charge is 0.226 e. The van der Waals surface area contributed by atoms with Crippen molar-refractivity contribution < 1.29 is 4.74 Å². The normalized spacial score (nSPS) is 10.4. The van der Waals surface area contributed by atoms with Crippen LogP contribution in [0.4, 0.5) is 5.95 Å². The number of nitrogens with one attached hydrogen (secondary N) is 1. The number of hydrogen-bond donors (Lipinski definition) is 1. The summed E-state index contributed by atoms with van der Waals surface area (Å²) in [4.78, 5) is 8.62. The van der Waals surface area contributed by atoms with E-state index in [0.29, 0.717) is 22.6 Å². The average Bonchev–Trinajstić information content (AvgIpc) is 2.39. The van der Waals surface area contributed by atoms with Gasteiger partial charge in [-0.25, -0.2) is 4.98 Å². The van der Waals surface area contributed by atoms with Crippen LogP contribution < -0.4 is 10.1 Å². The molecule has 0 unspecified atom stereocenters. The Balaban J connectivity index is 2.21. The fraction of sp³-hybridized carbons (Fsp3) is 0.286. The highest BCUT2D eigenvalue weighted by molar-refractivity contribution is 9.10. The van der Waals surface area contributed by atoms with Crippen LogP contribution in [0.25, 0.3) is 0 Å². The van der Waals surface area contributed by atoms with Crippen LogP contribution in [0.1, 0.15) is 19.0 Å². The van der Waals surface area contributed by atoms with Crippen molar-refractivity contribution in [3.8, 4) is 11.6 Å². The number of rotatable bonds is 5. The number of nitrogens with zero attached hydrogens (tertiary/aromatic N) is 2. The van der Waals surface area contributed by atoms with Crippen LogP contribution in [0.2, 0.25) is 5.02 Å². The maximum Gasteiger partial charge on any atom is 0.226 e. The second-order valence-corrected chi connectivity index (χ2v) is 5.60. The molecule has 0 aliphatic rings. The van der Waals surface area contributed by atoms with E-state index in [9.17, 15) is 0 Å². The van der Waals surface area contributed by atoms with Crippen LogP contribution in [0.5, 0.6) is 11.6 Å². The molecule has 2 rings (SSSR count). The second-order valence-electron chi connectivity index (χ2n) is 4.27. The van der Waals surface area contributed by atoms with Gasteiger partial charge in [-0.2, -0.15) is 4.98 Å². The van der Waals surface area contributed by atoms with Crippen molar-refractivity contribution in [3.63, 3.8) is 0 Å². The molecule has 20 heavy (non-hydrogen) atoms. The highest BCUT2D eigenvalue weighted by Gasteiger charge is 2.07. The molecule has 0 atom stereocenters. The molecule has 1 aromatic carbocycles.